The fraction of sp³-hybridized carbons (Fsp3) is 0.364. The lowest BCUT2D eigenvalue weighted by molar-refractivity contribution is 0.0327. The molecule has 15 heavy (non-hydrogen) atoms. The zero-order chi connectivity index (χ0) is 11.4. The number of aliphatic hydroxyl groups is 2. The number of hydrogen-bond acceptors (Lipinski definition) is 3. The Balaban J connectivity index is 2.96. The Morgan fingerprint density at radius 2 is 2.13 bits per heavy atom. The smallest absolute Gasteiger partial charge is 0.150 e. The minimum absolute atomic E-state index is 0.0321. The van der Waals surface area contributed by atoms with Crippen LogP contribution in [0.5, 0.6) is 0 Å². The summed E-state index contributed by atoms with van der Waals surface area (Å²) in [5, 5.41) is 19.0. The lowest BCUT2D eigenvalue weighted by atomic mass is 10.00. The van der Waals surface area contributed by atoms with Gasteiger partial charge in [-0.3, -0.25) is 4.79 Å². The number of aliphatic hydroxyl groups excluding tert-OH is 2. The van der Waals surface area contributed by atoms with Gasteiger partial charge < -0.3 is 10.2 Å². The summed E-state index contributed by atoms with van der Waals surface area (Å²) in [5.41, 5.74) is 1.90. The van der Waals surface area contributed by atoms with Gasteiger partial charge in [0, 0.05) is 5.56 Å². The van der Waals surface area contributed by atoms with Crippen molar-refractivity contribution in [3.8, 4) is 0 Å². The topological polar surface area (TPSA) is 57.5 Å². The van der Waals surface area contributed by atoms with E-state index in [-0.39, 0.29) is 5.88 Å². The van der Waals surface area contributed by atoms with Crippen molar-refractivity contribution >= 4 is 17.9 Å². The molecule has 0 spiro atoms. The van der Waals surface area contributed by atoms with Gasteiger partial charge >= 0.3 is 0 Å². The van der Waals surface area contributed by atoms with Crippen molar-refractivity contribution in [2.75, 3.05) is 5.88 Å². The SMILES string of the molecule is Cc1cc(C(O)C(O)CCl)ccc1C=O. The monoisotopic (exact) mass is 228 g/mol. The highest BCUT2D eigenvalue weighted by molar-refractivity contribution is 6.18. The predicted molar refractivity (Wildman–Crippen MR) is 58.3 cm³/mol. The van der Waals surface area contributed by atoms with Crippen LogP contribution in [0.15, 0.2) is 18.2 Å². The van der Waals surface area contributed by atoms with Gasteiger partial charge in [-0.15, -0.1) is 11.6 Å². The van der Waals surface area contributed by atoms with Gasteiger partial charge in [0.25, 0.3) is 0 Å². The molecule has 2 unspecified atom stereocenters. The molecule has 1 aromatic carbocycles. The Morgan fingerprint density at radius 1 is 1.47 bits per heavy atom. The molecule has 1 aromatic rings. The van der Waals surface area contributed by atoms with Crippen LogP contribution in [0.1, 0.15) is 27.6 Å². The normalized spacial score (nSPS) is 14.7. The second kappa shape index (κ2) is 5.26. The van der Waals surface area contributed by atoms with Crippen LogP contribution >= 0.6 is 11.6 Å². The van der Waals surface area contributed by atoms with Crippen LogP contribution in [-0.4, -0.2) is 28.5 Å². The third kappa shape index (κ3) is 2.78. The summed E-state index contributed by atoms with van der Waals surface area (Å²) in [6.45, 7) is 1.77. The highest BCUT2D eigenvalue weighted by Crippen LogP contribution is 2.20. The Kier molecular flexibility index (Phi) is 4.27. The van der Waals surface area contributed by atoms with E-state index in [1.165, 1.54) is 0 Å². The maximum Gasteiger partial charge on any atom is 0.150 e. The summed E-state index contributed by atoms with van der Waals surface area (Å²) in [7, 11) is 0. The van der Waals surface area contributed by atoms with E-state index >= 15 is 0 Å². The molecule has 0 aliphatic carbocycles. The third-order valence-corrected chi connectivity index (χ3v) is 2.60. The van der Waals surface area contributed by atoms with Crippen LogP contribution in [0, 0.1) is 6.92 Å². The van der Waals surface area contributed by atoms with Gasteiger partial charge in [-0.1, -0.05) is 18.2 Å². The van der Waals surface area contributed by atoms with Crippen molar-refractivity contribution < 1.29 is 15.0 Å². The molecule has 3 nitrogen and oxygen atoms in total. The molecule has 0 fully saturated rings. The summed E-state index contributed by atoms with van der Waals surface area (Å²) in [4.78, 5) is 10.6. The minimum Gasteiger partial charge on any atom is -0.389 e. The second-order valence-corrected chi connectivity index (χ2v) is 3.71. The molecule has 4 heteroatoms. The van der Waals surface area contributed by atoms with Gasteiger partial charge in [-0.2, -0.15) is 0 Å². The quantitative estimate of drug-likeness (QED) is 0.606. The molecule has 0 radical (unpaired) electrons. The number of halogens is 1. The number of hydrogen-bond donors (Lipinski definition) is 2. The molecule has 0 aliphatic rings. The summed E-state index contributed by atoms with van der Waals surface area (Å²) in [6, 6.07) is 4.89. The number of aldehydes is 1. The minimum atomic E-state index is -1.01. The lowest BCUT2D eigenvalue weighted by Crippen LogP contribution is -2.19. The summed E-state index contributed by atoms with van der Waals surface area (Å²) in [5.74, 6) is -0.0321. The van der Waals surface area contributed by atoms with E-state index in [0.717, 1.165) is 11.8 Å². The zero-order valence-corrected chi connectivity index (χ0v) is 9.11. The Bertz CT molecular complexity index is 352. The average molecular weight is 229 g/mol. The van der Waals surface area contributed by atoms with Crippen molar-refractivity contribution in [3.63, 3.8) is 0 Å². The number of benzene rings is 1. The maximum atomic E-state index is 10.6. The molecule has 1 rings (SSSR count). The largest absolute Gasteiger partial charge is 0.389 e. The van der Waals surface area contributed by atoms with Crippen molar-refractivity contribution in [2.24, 2.45) is 0 Å². The highest BCUT2D eigenvalue weighted by atomic mass is 35.5. The highest BCUT2D eigenvalue weighted by Gasteiger charge is 2.17. The molecule has 82 valence electrons. The van der Waals surface area contributed by atoms with Gasteiger partial charge in [0.1, 0.15) is 12.4 Å². The van der Waals surface area contributed by atoms with Crippen LogP contribution < -0.4 is 0 Å². The van der Waals surface area contributed by atoms with Crippen molar-refractivity contribution in [3.05, 3.63) is 34.9 Å². The number of alkyl halides is 1. The molecule has 2 atom stereocenters. The van der Waals surface area contributed by atoms with E-state index in [2.05, 4.69) is 0 Å². The molecule has 0 saturated carbocycles. The van der Waals surface area contributed by atoms with Crippen LogP contribution in [0.2, 0.25) is 0 Å². The van der Waals surface area contributed by atoms with Crippen LogP contribution in [-0.2, 0) is 0 Å². The summed E-state index contributed by atoms with van der Waals surface area (Å²) >= 11 is 5.43. The predicted octanol–water partition coefficient (Wildman–Crippen LogP) is 1.44. The maximum absolute atomic E-state index is 10.6. The van der Waals surface area contributed by atoms with Gasteiger partial charge in [0.2, 0.25) is 0 Å². The molecule has 0 heterocycles. The van der Waals surface area contributed by atoms with Crippen molar-refractivity contribution in [2.45, 2.75) is 19.1 Å². The molecule has 0 aliphatic heterocycles. The van der Waals surface area contributed by atoms with E-state index in [1.54, 1.807) is 25.1 Å². The Labute approximate surface area is 93.3 Å². The molecular formula is C11H13ClO3. The van der Waals surface area contributed by atoms with E-state index in [0.29, 0.717) is 11.1 Å². The number of carbonyl (C=O) groups excluding carboxylic acids is 1. The Hall–Kier alpha value is -0.900. The second-order valence-electron chi connectivity index (χ2n) is 3.40. The summed E-state index contributed by atoms with van der Waals surface area (Å²) < 4.78 is 0. The molecular weight excluding hydrogens is 216 g/mol. The summed E-state index contributed by atoms with van der Waals surface area (Å²) in [6.07, 6.45) is -1.25. The lowest BCUT2D eigenvalue weighted by Gasteiger charge is -2.16. The van der Waals surface area contributed by atoms with Gasteiger partial charge in [-0.05, 0) is 18.1 Å². The van der Waals surface area contributed by atoms with Crippen molar-refractivity contribution in [1.29, 1.82) is 0 Å². The first-order valence-corrected chi connectivity index (χ1v) is 5.11. The van der Waals surface area contributed by atoms with Crippen LogP contribution in [0.25, 0.3) is 0 Å². The van der Waals surface area contributed by atoms with Gasteiger partial charge in [0.05, 0.1) is 12.0 Å². The standard InChI is InChI=1S/C11H13ClO3/c1-7-4-8(2-3-9(7)6-13)11(15)10(14)5-12/h2-4,6,10-11,14-15H,5H2,1H3. The van der Waals surface area contributed by atoms with E-state index < -0.39 is 12.2 Å². The molecule has 0 amide bonds. The first kappa shape index (κ1) is 12.2. The average Bonchev–Trinajstić information content (AvgIpc) is 2.26. The molecule has 2 N–H and O–H groups in total. The van der Waals surface area contributed by atoms with Crippen LogP contribution in [0.4, 0.5) is 0 Å². The first-order chi connectivity index (χ1) is 7.10. The molecule has 0 saturated heterocycles. The van der Waals surface area contributed by atoms with E-state index in [9.17, 15) is 15.0 Å². The van der Waals surface area contributed by atoms with Gasteiger partial charge in [-0.25, -0.2) is 0 Å². The Morgan fingerprint density at radius 3 is 2.60 bits per heavy atom. The van der Waals surface area contributed by atoms with E-state index in [1.807, 2.05) is 0 Å². The third-order valence-electron chi connectivity index (χ3n) is 2.28. The fourth-order valence-electron chi connectivity index (χ4n) is 1.32. The van der Waals surface area contributed by atoms with Gasteiger partial charge in [0.15, 0.2) is 0 Å². The first-order valence-electron chi connectivity index (χ1n) is 4.58. The number of aryl methyl sites for hydroxylation is 1. The molecule has 0 bridgehead atoms. The fourth-order valence-corrected chi connectivity index (χ4v) is 1.49. The number of rotatable bonds is 4. The number of carbonyl (C=O) groups is 1. The van der Waals surface area contributed by atoms with Crippen LogP contribution in [0.3, 0.4) is 0 Å². The van der Waals surface area contributed by atoms with E-state index in [4.69, 9.17) is 11.6 Å². The molecule has 0 aromatic heterocycles. The van der Waals surface area contributed by atoms with Crippen molar-refractivity contribution in [1.82, 2.24) is 0 Å². The zero-order valence-electron chi connectivity index (χ0n) is 8.35.